The number of aromatic nitrogens is 2. The number of carbonyl (C=O) groups is 2. The summed E-state index contributed by atoms with van der Waals surface area (Å²) in [6.07, 6.45) is 4.06. The fourth-order valence-corrected chi connectivity index (χ4v) is 3.27. The van der Waals surface area contributed by atoms with Gasteiger partial charge in [0.15, 0.2) is 0 Å². The van der Waals surface area contributed by atoms with Gasteiger partial charge in [-0.25, -0.2) is 5.10 Å². The fourth-order valence-electron chi connectivity index (χ4n) is 3.27. The molecule has 1 aromatic heterocycles. The van der Waals surface area contributed by atoms with E-state index in [9.17, 15) is 14.4 Å². The molecule has 7 heteroatoms. The van der Waals surface area contributed by atoms with E-state index in [0.717, 1.165) is 48.1 Å². The zero-order valence-corrected chi connectivity index (χ0v) is 14.4. The van der Waals surface area contributed by atoms with Crippen molar-refractivity contribution in [2.24, 2.45) is 0 Å². The first-order valence-corrected chi connectivity index (χ1v) is 8.77. The highest BCUT2D eigenvalue weighted by atomic mass is 16.4. The predicted molar refractivity (Wildman–Crippen MR) is 97.1 cm³/mol. The van der Waals surface area contributed by atoms with Crippen LogP contribution in [0.3, 0.4) is 0 Å². The lowest BCUT2D eigenvalue weighted by molar-refractivity contribution is -0.137. The minimum absolute atomic E-state index is 0.0269. The molecule has 0 radical (unpaired) electrons. The molecule has 2 aromatic rings. The van der Waals surface area contributed by atoms with Crippen molar-refractivity contribution in [3.05, 3.63) is 45.7 Å². The summed E-state index contributed by atoms with van der Waals surface area (Å²) in [5, 5.41) is 18.2. The number of hydrogen-bond acceptors (Lipinski definition) is 4. The van der Waals surface area contributed by atoms with Gasteiger partial charge in [0.1, 0.15) is 0 Å². The molecule has 1 heterocycles. The van der Waals surface area contributed by atoms with Crippen LogP contribution in [0.5, 0.6) is 0 Å². The van der Waals surface area contributed by atoms with E-state index in [1.165, 1.54) is 0 Å². The van der Waals surface area contributed by atoms with Gasteiger partial charge < -0.3 is 10.4 Å². The van der Waals surface area contributed by atoms with Crippen LogP contribution in [0.1, 0.15) is 43.2 Å². The van der Waals surface area contributed by atoms with Crippen molar-refractivity contribution in [2.45, 2.75) is 44.9 Å². The molecule has 1 aromatic carbocycles. The number of nitrogens with one attached hydrogen (secondary N) is 2. The first kappa shape index (κ1) is 17.8. The number of rotatable bonds is 6. The van der Waals surface area contributed by atoms with Crippen LogP contribution >= 0.6 is 0 Å². The first-order chi connectivity index (χ1) is 12.5. The summed E-state index contributed by atoms with van der Waals surface area (Å²) >= 11 is 0. The fraction of sp³-hybridized carbons (Fsp3) is 0.368. The number of carboxylic acid groups (broad SMARTS) is 1. The molecule has 0 unspecified atom stereocenters. The van der Waals surface area contributed by atoms with Gasteiger partial charge in [0.25, 0.3) is 5.56 Å². The van der Waals surface area contributed by atoms with Crippen molar-refractivity contribution in [3.63, 3.8) is 0 Å². The lowest BCUT2D eigenvalue weighted by atomic mass is 9.90. The van der Waals surface area contributed by atoms with E-state index in [0.29, 0.717) is 12.1 Å². The van der Waals surface area contributed by atoms with Crippen LogP contribution in [0, 0.1) is 0 Å². The maximum Gasteiger partial charge on any atom is 0.303 e. The highest BCUT2D eigenvalue weighted by molar-refractivity contribution is 5.91. The number of H-pyrrole nitrogens is 1. The van der Waals surface area contributed by atoms with Crippen molar-refractivity contribution in [1.82, 2.24) is 10.2 Å². The zero-order chi connectivity index (χ0) is 18.5. The Kier molecular flexibility index (Phi) is 5.46. The molecule has 136 valence electrons. The van der Waals surface area contributed by atoms with Crippen LogP contribution in [0.25, 0.3) is 11.3 Å². The van der Waals surface area contributed by atoms with Gasteiger partial charge in [0.2, 0.25) is 5.91 Å². The molecule has 1 aliphatic rings. The van der Waals surface area contributed by atoms with Gasteiger partial charge in [-0.2, -0.15) is 5.10 Å². The van der Waals surface area contributed by atoms with E-state index in [1.54, 1.807) is 6.07 Å². The summed E-state index contributed by atoms with van der Waals surface area (Å²) in [4.78, 5) is 34.5. The van der Waals surface area contributed by atoms with Crippen molar-refractivity contribution < 1.29 is 14.7 Å². The Balaban J connectivity index is 1.79. The number of carboxylic acids is 1. The maximum absolute atomic E-state index is 12.0. The molecule has 3 rings (SSSR count). The second kappa shape index (κ2) is 7.95. The summed E-state index contributed by atoms with van der Waals surface area (Å²) in [7, 11) is 0. The largest absolute Gasteiger partial charge is 0.481 e. The van der Waals surface area contributed by atoms with E-state index in [1.807, 2.05) is 18.2 Å². The quantitative estimate of drug-likeness (QED) is 0.737. The molecule has 26 heavy (non-hydrogen) atoms. The topological polar surface area (TPSA) is 112 Å². The molecule has 1 aliphatic carbocycles. The second-order valence-corrected chi connectivity index (χ2v) is 6.44. The summed E-state index contributed by atoms with van der Waals surface area (Å²) in [6.45, 7) is 0. The Bertz CT molecular complexity index is 889. The number of nitrogens with zero attached hydrogens (tertiary/aromatic N) is 1. The summed E-state index contributed by atoms with van der Waals surface area (Å²) < 4.78 is 0. The van der Waals surface area contributed by atoms with E-state index in [-0.39, 0.29) is 24.3 Å². The first-order valence-electron chi connectivity index (χ1n) is 8.77. The standard InChI is InChI=1S/C19H21N3O4/c23-16(9-4-10-17(24)25)20-13-6-3-5-12(11-13)18-14-7-1-2-8-15(14)19(26)22-21-18/h3,5-6,11H,1-2,4,7-10H2,(H,20,23)(H,22,26)(H,24,25). The molecule has 0 fully saturated rings. The third-order valence-electron chi connectivity index (χ3n) is 4.51. The van der Waals surface area contributed by atoms with E-state index < -0.39 is 5.97 Å². The van der Waals surface area contributed by atoms with E-state index >= 15 is 0 Å². The number of aliphatic carboxylic acids is 1. The Morgan fingerprint density at radius 2 is 1.92 bits per heavy atom. The van der Waals surface area contributed by atoms with Crippen LogP contribution in [-0.2, 0) is 22.4 Å². The zero-order valence-electron chi connectivity index (χ0n) is 14.4. The van der Waals surface area contributed by atoms with Gasteiger partial charge in [-0.05, 0) is 49.8 Å². The number of amides is 1. The van der Waals surface area contributed by atoms with Gasteiger partial charge in [-0.15, -0.1) is 0 Å². The van der Waals surface area contributed by atoms with Crippen molar-refractivity contribution in [3.8, 4) is 11.3 Å². The molecule has 7 nitrogen and oxygen atoms in total. The van der Waals surface area contributed by atoms with Gasteiger partial charge >= 0.3 is 5.97 Å². The number of aromatic amines is 1. The number of fused-ring (bicyclic) bond motifs is 1. The predicted octanol–water partition coefficient (Wildman–Crippen LogP) is 2.51. The Hall–Kier alpha value is -2.96. The van der Waals surface area contributed by atoms with Gasteiger partial charge in [-0.1, -0.05) is 12.1 Å². The average Bonchev–Trinajstić information content (AvgIpc) is 2.62. The Labute approximate surface area is 150 Å². The minimum atomic E-state index is -0.909. The molecule has 3 N–H and O–H groups in total. The van der Waals surface area contributed by atoms with Crippen molar-refractivity contribution >= 4 is 17.6 Å². The highest BCUT2D eigenvalue weighted by Crippen LogP contribution is 2.29. The summed E-state index contributed by atoms with van der Waals surface area (Å²) in [6, 6.07) is 7.32. The Morgan fingerprint density at radius 1 is 1.15 bits per heavy atom. The highest BCUT2D eigenvalue weighted by Gasteiger charge is 2.19. The molecule has 0 saturated carbocycles. The number of carbonyl (C=O) groups excluding carboxylic acids is 1. The normalized spacial score (nSPS) is 13.1. The molecule has 0 spiro atoms. The minimum Gasteiger partial charge on any atom is -0.481 e. The van der Waals surface area contributed by atoms with Crippen LogP contribution in [-0.4, -0.2) is 27.2 Å². The number of benzene rings is 1. The van der Waals surface area contributed by atoms with Crippen LogP contribution < -0.4 is 10.9 Å². The van der Waals surface area contributed by atoms with E-state index in [2.05, 4.69) is 15.5 Å². The maximum atomic E-state index is 12.0. The Morgan fingerprint density at radius 3 is 2.69 bits per heavy atom. The van der Waals surface area contributed by atoms with Crippen LogP contribution in [0.2, 0.25) is 0 Å². The summed E-state index contributed by atoms with van der Waals surface area (Å²) in [5.41, 5.74) is 3.89. The molecule has 0 saturated heterocycles. The molecular weight excluding hydrogens is 334 g/mol. The lowest BCUT2D eigenvalue weighted by Gasteiger charge is -2.17. The summed E-state index contributed by atoms with van der Waals surface area (Å²) in [5.74, 6) is -1.13. The monoisotopic (exact) mass is 355 g/mol. The van der Waals surface area contributed by atoms with Crippen molar-refractivity contribution in [1.29, 1.82) is 0 Å². The molecule has 0 bridgehead atoms. The average molecular weight is 355 g/mol. The van der Waals surface area contributed by atoms with Crippen LogP contribution in [0.4, 0.5) is 5.69 Å². The third kappa shape index (κ3) is 4.17. The number of hydrogen-bond donors (Lipinski definition) is 3. The van der Waals surface area contributed by atoms with E-state index in [4.69, 9.17) is 5.11 Å². The lowest BCUT2D eigenvalue weighted by Crippen LogP contribution is -2.21. The molecule has 0 atom stereocenters. The molecule has 0 aliphatic heterocycles. The van der Waals surface area contributed by atoms with Gasteiger partial charge in [0.05, 0.1) is 5.69 Å². The second-order valence-electron chi connectivity index (χ2n) is 6.44. The number of anilines is 1. The van der Waals surface area contributed by atoms with Crippen LogP contribution in [0.15, 0.2) is 29.1 Å². The third-order valence-corrected chi connectivity index (χ3v) is 4.51. The SMILES string of the molecule is O=C(O)CCCC(=O)Nc1cccc(-c2n[nH]c(=O)c3c2CCCC3)c1. The van der Waals surface area contributed by atoms with Crippen molar-refractivity contribution in [2.75, 3.05) is 5.32 Å². The smallest absolute Gasteiger partial charge is 0.303 e. The van der Waals surface area contributed by atoms with Gasteiger partial charge in [0, 0.05) is 29.7 Å². The molecule has 1 amide bonds. The molecular formula is C19H21N3O4. The van der Waals surface area contributed by atoms with Gasteiger partial charge in [-0.3, -0.25) is 14.4 Å².